The van der Waals surface area contributed by atoms with Gasteiger partial charge in [-0.25, -0.2) is 0 Å². The van der Waals surface area contributed by atoms with E-state index in [0.29, 0.717) is 5.56 Å². The normalized spacial score (nSPS) is 11.7. The van der Waals surface area contributed by atoms with Crippen molar-refractivity contribution in [3.05, 3.63) is 105 Å². The van der Waals surface area contributed by atoms with Gasteiger partial charge in [0.2, 0.25) is 5.82 Å². The molecule has 0 aromatic heterocycles. The van der Waals surface area contributed by atoms with Crippen molar-refractivity contribution < 1.29 is 9.31 Å². The van der Waals surface area contributed by atoms with E-state index in [0.717, 1.165) is 24.2 Å². The Morgan fingerprint density at radius 3 is 0.925 bits per heavy atom. The first-order valence-corrected chi connectivity index (χ1v) is 28.3. The molecule has 0 fully saturated rings. The number of hydrogen-bond donors (Lipinski definition) is 0. The zero-order chi connectivity index (χ0) is 47.7. The largest absolute Gasteiger partial charge is 0.372 e. The molecule has 3 aromatic carbocycles. The van der Waals surface area contributed by atoms with E-state index in [-0.39, 0.29) is 0 Å². The highest BCUT2D eigenvalue weighted by molar-refractivity contribution is 5.73. The average Bonchev–Trinajstić information content (AvgIpc) is 3.34. The van der Waals surface area contributed by atoms with E-state index in [1.54, 1.807) is 12.1 Å². The van der Waals surface area contributed by atoms with Gasteiger partial charge in [0.15, 0.2) is 0 Å². The van der Waals surface area contributed by atoms with E-state index >= 15 is 0 Å². The molecule has 0 spiro atoms. The van der Waals surface area contributed by atoms with Gasteiger partial charge in [-0.1, -0.05) is 293 Å². The molecule has 0 aliphatic heterocycles. The van der Waals surface area contributed by atoms with E-state index in [1.807, 2.05) is 18.2 Å². The second kappa shape index (κ2) is 40.2. The Hall–Kier alpha value is -3.73. The SMILES string of the molecule is CCCCCCCCCCCCCCCCCCCCN(CCCCCCCCCCCCCCCCCCCC)c1ccc(C=Cc2ccc(C=Cc3ccc([N+](=O)[O-])c(F)c3)cc2)cc1. The van der Waals surface area contributed by atoms with Gasteiger partial charge in [0.1, 0.15) is 0 Å². The third kappa shape index (κ3) is 29.7. The van der Waals surface area contributed by atoms with Crippen LogP contribution < -0.4 is 4.90 Å². The fraction of sp³-hybridized carbons (Fsp3) is 0.645. The van der Waals surface area contributed by atoms with Crippen LogP contribution in [-0.4, -0.2) is 18.0 Å². The summed E-state index contributed by atoms with van der Waals surface area (Å²) in [5.41, 5.74) is 4.69. The molecule has 0 saturated carbocycles. The first-order chi connectivity index (χ1) is 33.0. The molecule has 4 nitrogen and oxygen atoms in total. The molecule has 0 aliphatic rings. The summed E-state index contributed by atoms with van der Waals surface area (Å²) in [4.78, 5) is 12.9. The van der Waals surface area contributed by atoms with Gasteiger partial charge in [-0.3, -0.25) is 10.1 Å². The van der Waals surface area contributed by atoms with Crippen molar-refractivity contribution in [1.82, 2.24) is 0 Å². The predicted molar refractivity (Wildman–Crippen MR) is 294 cm³/mol. The van der Waals surface area contributed by atoms with E-state index in [1.165, 1.54) is 255 Å². The van der Waals surface area contributed by atoms with Crippen molar-refractivity contribution in [3.63, 3.8) is 0 Å². The maximum atomic E-state index is 14.0. The summed E-state index contributed by atoms with van der Waals surface area (Å²) in [6.45, 7) is 6.89. The number of unbranched alkanes of at least 4 members (excludes halogenated alkanes) is 34. The number of anilines is 1. The van der Waals surface area contributed by atoms with E-state index in [9.17, 15) is 14.5 Å². The minimum atomic E-state index is -0.824. The minimum absolute atomic E-state index is 0.507. The molecule has 0 unspecified atom stereocenters. The molecular formula is C62H97FN2O2. The molecule has 0 atom stereocenters. The summed E-state index contributed by atoms with van der Waals surface area (Å²) in [7, 11) is 0. The Kier molecular flexibility index (Phi) is 34.5. The first kappa shape index (κ1) is 57.6. The minimum Gasteiger partial charge on any atom is -0.372 e. The number of halogens is 1. The Morgan fingerprint density at radius 2 is 0.642 bits per heavy atom. The van der Waals surface area contributed by atoms with Crippen molar-refractivity contribution in [2.24, 2.45) is 0 Å². The molecule has 5 heteroatoms. The van der Waals surface area contributed by atoms with Gasteiger partial charge in [-0.05, 0) is 59.4 Å². The molecule has 0 radical (unpaired) electrons. The maximum Gasteiger partial charge on any atom is 0.304 e. The Labute approximate surface area is 411 Å². The lowest BCUT2D eigenvalue weighted by Crippen LogP contribution is -2.25. The molecule has 0 saturated heterocycles. The Morgan fingerprint density at radius 1 is 0.388 bits per heavy atom. The number of rotatable bonds is 44. The first-order valence-electron chi connectivity index (χ1n) is 28.3. The Bertz CT molecular complexity index is 1640. The molecule has 0 bridgehead atoms. The molecule has 3 aromatic rings. The lowest BCUT2D eigenvalue weighted by molar-refractivity contribution is -0.387. The van der Waals surface area contributed by atoms with Gasteiger partial charge in [0.25, 0.3) is 0 Å². The summed E-state index contributed by atoms with van der Waals surface area (Å²) in [6.07, 6.45) is 58.8. The lowest BCUT2D eigenvalue weighted by atomic mass is 10.0. The molecule has 0 N–H and O–H groups in total. The van der Waals surface area contributed by atoms with Gasteiger partial charge in [-0.15, -0.1) is 0 Å². The summed E-state index contributed by atoms with van der Waals surface area (Å²) in [5.74, 6) is -0.824. The molecular weight excluding hydrogens is 824 g/mol. The van der Waals surface area contributed by atoms with Gasteiger partial charge >= 0.3 is 5.69 Å². The van der Waals surface area contributed by atoms with Crippen LogP contribution in [0.2, 0.25) is 0 Å². The summed E-state index contributed by atoms with van der Waals surface area (Å²) in [5, 5.41) is 10.9. The number of benzene rings is 3. The summed E-state index contributed by atoms with van der Waals surface area (Å²) in [6, 6.07) is 21.3. The molecule has 0 aliphatic carbocycles. The highest BCUT2D eigenvalue weighted by Crippen LogP contribution is 2.23. The molecule has 67 heavy (non-hydrogen) atoms. The Balaban J connectivity index is 1.35. The van der Waals surface area contributed by atoms with Crippen LogP contribution in [0.1, 0.15) is 267 Å². The number of nitrogens with zero attached hydrogens (tertiary/aromatic N) is 2. The van der Waals surface area contributed by atoms with Crippen molar-refractivity contribution in [1.29, 1.82) is 0 Å². The van der Waals surface area contributed by atoms with Gasteiger partial charge < -0.3 is 4.90 Å². The van der Waals surface area contributed by atoms with E-state index in [4.69, 9.17) is 0 Å². The maximum absolute atomic E-state index is 14.0. The fourth-order valence-corrected chi connectivity index (χ4v) is 9.45. The van der Waals surface area contributed by atoms with Crippen LogP contribution in [0.25, 0.3) is 24.3 Å². The van der Waals surface area contributed by atoms with Crippen LogP contribution in [0.3, 0.4) is 0 Å². The average molecular weight is 921 g/mol. The van der Waals surface area contributed by atoms with E-state index < -0.39 is 16.4 Å². The second-order valence-electron chi connectivity index (χ2n) is 19.9. The summed E-state index contributed by atoms with van der Waals surface area (Å²) < 4.78 is 14.0. The van der Waals surface area contributed by atoms with Crippen LogP contribution in [0.15, 0.2) is 66.7 Å². The van der Waals surface area contributed by atoms with E-state index in [2.05, 4.69) is 67.3 Å². The topological polar surface area (TPSA) is 46.4 Å². The van der Waals surface area contributed by atoms with Gasteiger partial charge in [-0.2, -0.15) is 4.39 Å². The third-order valence-electron chi connectivity index (χ3n) is 13.9. The van der Waals surface area contributed by atoms with Crippen LogP contribution >= 0.6 is 0 Å². The number of nitro benzene ring substituents is 1. The highest BCUT2D eigenvalue weighted by atomic mass is 19.1. The zero-order valence-electron chi connectivity index (χ0n) is 43.1. The van der Waals surface area contributed by atoms with Crippen LogP contribution in [0.4, 0.5) is 15.8 Å². The fourth-order valence-electron chi connectivity index (χ4n) is 9.45. The predicted octanol–water partition coefficient (Wildman–Crippen LogP) is 21.0. The van der Waals surface area contributed by atoms with Crippen molar-refractivity contribution in [2.75, 3.05) is 18.0 Å². The zero-order valence-corrected chi connectivity index (χ0v) is 43.1. The molecule has 374 valence electrons. The third-order valence-corrected chi connectivity index (χ3v) is 13.9. The molecule has 0 heterocycles. The molecule has 0 amide bonds. The summed E-state index contributed by atoms with van der Waals surface area (Å²) >= 11 is 0. The van der Waals surface area contributed by atoms with Gasteiger partial charge in [0.05, 0.1) is 4.92 Å². The second-order valence-corrected chi connectivity index (χ2v) is 19.9. The molecule has 3 rings (SSSR count). The number of nitro groups is 1. The highest BCUT2D eigenvalue weighted by Gasteiger charge is 2.13. The van der Waals surface area contributed by atoms with Crippen molar-refractivity contribution in [3.8, 4) is 0 Å². The van der Waals surface area contributed by atoms with Crippen LogP contribution in [-0.2, 0) is 0 Å². The van der Waals surface area contributed by atoms with Crippen LogP contribution in [0, 0.1) is 15.9 Å². The lowest BCUT2D eigenvalue weighted by Gasteiger charge is -2.25. The van der Waals surface area contributed by atoms with Gasteiger partial charge in [0, 0.05) is 24.8 Å². The monoisotopic (exact) mass is 921 g/mol. The number of hydrogen-bond acceptors (Lipinski definition) is 3. The quantitative estimate of drug-likeness (QED) is 0.0246. The van der Waals surface area contributed by atoms with Crippen molar-refractivity contribution >= 4 is 35.7 Å². The standard InChI is InChI=1S/C62H97FN2O2/c1-3-5-7-9-11-13-15-17-19-21-23-25-27-29-31-33-35-37-53-64(54-38-36-34-32-30-28-26-24-22-20-18-16-14-12-10-8-6-4-2)60-50-47-58(48-51-60)44-43-56-39-41-57(42-40-56)45-46-59-49-52-62(65(66)67)61(63)55-59/h39-52,55H,3-38,53-54H2,1-2H3. The smallest absolute Gasteiger partial charge is 0.304 e. The van der Waals surface area contributed by atoms with Crippen molar-refractivity contribution in [2.45, 2.75) is 245 Å². The van der Waals surface area contributed by atoms with Crippen LogP contribution in [0.5, 0.6) is 0 Å².